The summed E-state index contributed by atoms with van der Waals surface area (Å²) in [5, 5.41) is 0. The molecule has 4 heterocycles. The highest BCUT2D eigenvalue weighted by Gasteiger charge is 2.45. The molecule has 2 aromatic rings. The highest BCUT2D eigenvalue weighted by molar-refractivity contribution is 5.92. The number of furan rings is 1. The minimum absolute atomic E-state index is 0.0666. The van der Waals surface area contributed by atoms with Gasteiger partial charge in [-0.1, -0.05) is 6.07 Å². The number of carbonyl (C=O) groups excluding carboxylic acids is 2. The fourth-order valence-electron chi connectivity index (χ4n) is 3.84. The molecule has 2 amide bonds. The summed E-state index contributed by atoms with van der Waals surface area (Å²) in [6.45, 7) is 1.21. The van der Waals surface area contributed by atoms with Gasteiger partial charge in [0.15, 0.2) is 5.76 Å². The number of piperidine rings is 1. The Morgan fingerprint density at radius 1 is 1.25 bits per heavy atom. The van der Waals surface area contributed by atoms with Crippen LogP contribution in [0.15, 0.2) is 47.3 Å². The molecule has 2 aliphatic rings. The van der Waals surface area contributed by atoms with E-state index in [4.69, 9.17) is 4.42 Å². The van der Waals surface area contributed by atoms with E-state index in [9.17, 15) is 9.59 Å². The van der Waals surface area contributed by atoms with Crippen molar-refractivity contribution in [1.29, 1.82) is 0 Å². The number of nitrogens with zero attached hydrogens (tertiary/aromatic N) is 3. The lowest BCUT2D eigenvalue weighted by molar-refractivity contribution is -0.138. The molecule has 2 saturated heterocycles. The molecule has 0 spiro atoms. The molecule has 2 atom stereocenters. The molecule has 2 aliphatic heterocycles. The van der Waals surface area contributed by atoms with Crippen molar-refractivity contribution >= 4 is 11.8 Å². The van der Waals surface area contributed by atoms with Gasteiger partial charge in [-0.05, 0) is 36.6 Å². The van der Waals surface area contributed by atoms with Crippen LogP contribution in [0, 0.1) is 0 Å². The number of aromatic nitrogens is 1. The molecular weight excluding hydrogens is 306 g/mol. The molecule has 0 radical (unpaired) electrons. The average molecular weight is 325 g/mol. The number of rotatable bonds is 3. The van der Waals surface area contributed by atoms with Gasteiger partial charge in [0.05, 0.1) is 18.3 Å². The number of pyridine rings is 1. The number of fused-ring (bicyclic) bond motifs is 1. The lowest BCUT2D eigenvalue weighted by Crippen LogP contribution is -2.52. The SMILES string of the molecule is O=C1CC[C@H]2[C@H](CCN2C(=O)c2ccco2)N1Cc1cccnc1. The number of amides is 2. The van der Waals surface area contributed by atoms with Crippen LogP contribution >= 0.6 is 0 Å². The molecule has 124 valence electrons. The van der Waals surface area contributed by atoms with Gasteiger partial charge >= 0.3 is 0 Å². The zero-order valence-corrected chi connectivity index (χ0v) is 13.3. The van der Waals surface area contributed by atoms with E-state index in [-0.39, 0.29) is 23.9 Å². The van der Waals surface area contributed by atoms with Gasteiger partial charge in [0, 0.05) is 31.9 Å². The molecular formula is C18H19N3O3. The summed E-state index contributed by atoms with van der Waals surface area (Å²) in [5.74, 6) is 0.446. The Bertz CT molecular complexity index is 729. The number of likely N-dealkylation sites (tertiary alicyclic amines) is 2. The quantitative estimate of drug-likeness (QED) is 0.866. The number of hydrogen-bond acceptors (Lipinski definition) is 4. The molecule has 0 bridgehead atoms. The fraction of sp³-hybridized carbons (Fsp3) is 0.389. The van der Waals surface area contributed by atoms with Crippen LogP contribution in [-0.2, 0) is 11.3 Å². The molecule has 6 nitrogen and oxygen atoms in total. The molecule has 0 unspecified atom stereocenters. The van der Waals surface area contributed by atoms with Gasteiger partial charge in [0.25, 0.3) is 5.91 Å². The van der Waals surface area contributed by atoms with Crippen LogP contribution in [0.5, 0.6) is 0 Å². The summed E-state index contributed by atoms with van der Waals surface area (Å²) in [6, 6.07) is 7.41. The molecule has 0 aromatic carbocycles. The van der Waals surface area contributed by atoms with Crippen molar-refractivity contribution < 1.29 is 14.0 Å². The van der Waals surface area contributed by atoms with Crippen LogP contribution in [-0.4, -0.2) is 45.2 Å². The van der Waals surface area contributed by atoms with Crippen molar-refractivity contribution in [3.05, 3.63) is 54.2 Å². The predicted octanol–water partition coefficient (Wildman–Crippen LogP) is 2.08. The van der Waals surface area contributed by atoms with Gasteiger partial charge in [-0.2, -0.15) is 0 Å². The van der Waals surface area contributed by atoms with E-state index in [1.165, 1.54) is 6.26 Å². The lowest BCUT2D eigenvalue weighted by Gasteiger charge is -2.39. The van der Waals surface area contributed by atoms with Gasteiger partial charge in [0.2, 0.25) is 5.91 Å². The van der Waals surface area contributed by atoms with Crippen molar-refractivity contribution in [1.82, 2.24) is 14.8 Å². The zero-order chi connectivity index (χ0) is 16.5. The van der Waals surface area contributed by atoms with Gasteiger partial charge in [-0.15, -0.1) is 0 Å². The fourth-order valence-corrected chi connectivity index (χ4v) is 3.84. The second kappa shape index (κ2) is 6.11. The summed E-state index contributed by atoms with van der Waals surface area (Å²) >= 11 is 0. The Balaban J connectivity index is 1.54. The molecule has 0 N–H and O–H groups in total. The number of carbonyl (C=O) groups is 2. The second-order valence-corrected chi connectivity index (χ2v) is 6.32. The lowest BCUT2D eigenvalue weighted by atomic mass is 9.95. The third-order valence-electron chi connectivity index (χ3n) is 4.95. The average Bonchev–Trinajstić information content (AvgIpc) is 3.27. The minimum atomic E-state index is -0.0804. The molecule has 24 heavy (non-hydrogen) atoms. The van der Waals surface area contributed by atoms with Crippen molar-refractivity contribution in [3.63, 3.8) is 0 Å². The summed E-state index contributed by atoms with van der Waals surface area (Å²) in [5.41, 5.74) is 1.02. The standard InChI is InChI=1S/C18H19N3O3/c22-17-6-5-14-15(21(17)12-13-3-1-8-19-11-13)7-9-20(14)18(23)16-4-2-10-24-16/h1-4,8,10-11,14-15H,5-7,9,12H2/t14-,15-/m0/s1. The molecule has 0 saturated carbocycles. The Labute approximate surface area is 140 Å². The van der Waals surface area contributed by atoms with Gasteiger partial charge in [0.1, 0.15) is 0 Å². The Kier molecular flexibility index (Phi) is 3.80. The van der Waals surface area contributed by atoms with E-state index in [0.717, 1.165) is 18.4 Å². The largest absolute Gasteiger partial charge is 0.459 e. The maximum Gasteiger partial charge on any atom is 0.289 e. The Hall–Kier alpha value is -2.63. The topological polar surface area (TPSA) is 66.7 Å². The first-order valence-corrected chi connectivity index (χ1v) is 8.27. The van der Waals surface area contributed by atoms with E-state index in [1.807, 2.05) is 21.9 Å². The third kappa shape index (κ3) is 2.58. The molecule has 2 fully saturated rings. The Morgan fingerprint density at radius 3 is 2.92 bits per heavy atom. The van der Waals surface area contributed by atoms with Crippen LogP contribution in [0.3, 0.4) is 0 Å². The first kappa shape index (κ1) is 14.9. The normalized spacial score (nSPS) is 23.4. The molecule has 4 rings (SSSR count). The Morgan fingerprint density at radius 2 is 2.17 bits per heavy atom. The monoisotopic (exact) mass is 325 g/mol. The first-order valence-electron chi connectivity index (χ1n) is 8.27. The van der Waals surface area contributed by atoms with Crippen molar-refractivity contribution in [2.24, 2.45) is 0 Å². The van der Waals surface area contributed by atoms with Gasteiger partial charge in [-0.25, -0.2) is 0 Å². The smallest absolute Gasteiger partial charge is 0.289 e. The molecule has 2 aromatic heterocycles. The van der Waals surface area contributed by atoms with E-state index in [0.29, 0.717) is 25.3 Å². The predicted molar refractivity (Wildman–Crippen MR) is 86.0 cm³/mol. The maximum atomic E-state index is 12.6. The summed E-state index contributed by atoms with van der Waals surface area (Å²) in [7, 11) is 0. The van der Waals surface area contributed by atoms with Crippen LogP contribution in [0.2, 0.25) is 0 Å². The minimum Gasteiger partial charge on any atom is -0.459 e. The van der Waals surface area contributed by atoms with Crippen molar-refractivity contribution in [3.8, 4) is 0 Å². The van der Waals surface area contributed by atoms with Crippen LogP contribution < -0.4 is 0 Å². The second-order valence-electron chi connectivity index (χ2n) is 6.32. The molecule has 6 heteroatoms. The first-order chi connectivity index (χ1) is 11.7. The molecule has 0 aliphatic carbocycles. The van der Waals surface area contributed by atoms with E-state index in [1.54, 1.807) is 24.5 Å². The van der Waals surface area contributed by atoms with E-state index in [2.05, 4.69) is 4.98 Å². The third-order valence-corrected chi connectivity index (χ3v) is 4.95. The van der Waals surface area contributed by atoms with Crippen LogP contribution in [0.1, 0.15) is 35.4 Å². The van der Waals surface area contributed by atoms with E-state index < -0.39 is 0 Å². The van der Waals surface area contributed by atoms with Crippen molar-refractivity contribution in [2.75, 3.05) is 6.54 Å². The van der Waals surface area contributed by atoms with Crippen LogP contribution in [0.25, 0.3) is 0 Å². The highest BCUT2D eigenvalue weighted by atomic mass is 16.3. The van der Waals surface area contributed by atoms with Gasteiger partial charge in [-0.3, -0.25) is 14.6 Å². The highest BCUT2D eigenvalue weighted by Crippen LogP contribution is 2.33. The van der Waals surface area contributed by atoms with Crippen molar-refractivity contribution in [2.45, 2.75) is 37.9 Å². The summed E-state index contributed by atoms with van der Waals surface area (Å²) in [4.78, 5) is 33.0. The summed E-state index contributed by atoms with van der Waals surface area (Å²) < 4.78 is 5.25. The van der Waals surface area contributed by atoms with Gasteiger partial charge < -0.3 is 14.2 Å². The summed E-state index contributed by atoms with van der Waals surface area (Å²) in [6.07, 6.45) is 7.03. The van der Waals surface area contributed by atoms with Crippen LogP contribution in [0.4, 0.5) is 0 Å². The zero-order valence-electron chi connectivity index (χ0n) is 13.3. The van der Waals surface area contributed by atoms with E-state index >= 15 is 0 Å². The number of hydrogen-bond donors (Lipinski definition) is 0. The maximum absolute atomic E-state index is 12.6.